The topological polar surface area (TPSA) is 12.4 Å². The number of unbranched alkanes of at least 4 members (excludes halogenated alkanes) is 2. The van der Waals surface area contributed by atoms with Gasteiger partial charge in [0.15, 0.2) is 0 Å². The van der Waals surface area contributed by atoms with Crippen LogP contribution in [0.5, 0.6) is 0 Å². The second-order valence-electron chi connectivity index (χ2n) is 4.38. The van der Waals surface area contributed by atoms with Crippen LogP contribution < -0.4 is 0 Å². The van der Waals surface area contributed by atoms with Gasteiger partial charge in [-0.3, -0.25) is 9.38 Å². The summed E-state index contributed by atoms with van der Waals surface area (Å²) in [7, 11) is 0. The molecular weight excluding hydrogens is 189 g/mol. The maximum atomic E-state index is 11.8. The molecule has 0 saturated heterocycles. The summed E-state index contributed by atoms with van der Waals surface area (Å²) in [4.78, 5) is 4.40. The van der Waals surface area contributed by atoms with Gasteiger partial charge in [-0.15, -0.1) is 0 Å². The third kappa shape index (κ3) is 4.78. The summed E-state index contributed by atoms with van der Waals surface area (Å²) in [6.07, 6.45) is 7.14. The van der Waals surface area contributed by atoms with E-state index in [1.54, 1.807) is 0 Å². The number of nitrogens with zero attached hydrogens (tertiary/aromatic N) is 1. The number of hydrogen-bond acceptors (Lipinski definition) is 1. The molecule has 0 aromatic rings. The molecule has 82 valence electrons. The van der Waals surface area contributed by atoms with Gasteiger partial charge >= 0.3 is 0 Å². The fourth-order valence-corrected chi connectivity index (χ4v) is 1.27. The van der Waals surface area contributed by atoms with E-state index in [4.69, 9.17) is 0 Å². The maximum Gasteiger partial charge on any atom is 0.0894 e. The van der Waals surface area contributed by atoms with Gasteiger partial charge in [-0.1, -0.05) is 17.9 Å². The first kappa shape index (κ1) is 12.0. The molecule has 0 atom stereocenters. The van der Waals surface area contributed by atoms with Gasteiger partial charge in [-0.25, -0.2) is 0 Å². The van der Waals surface area contributed by atoms with Crippen LogP contribution in [0.3, 0.4) is 0 Å². The van der Waals surface area contributed by atoms with Crippen molar-refractivity contribution in [3.63, 3.8) is 0 Å². The number of alkyl halides is 1. The Morgan fingerprint density at radius 1 is 1.47 bits per heavy atom. The Bertz CT molecular complexity index is 315. The zero-order valence-corrected chi connectivity index (χ0v) is 9.52. The molecule has 0 spiro atoms. The van der Waals surface area contributed by atoms with E-state index in [0.717, 1.165) is 24.8 Å². The first-order valence-corrected chi connectivity index (χ1v) is 5.44. The molecule has 1 rings (SSSR count). The van der Waals surface area contributed by atoms with Gasteiger partial charge in [-0.2, -0.15) is 0 Å². The van der Waals surface area contributed by atoms with Crippen molar-refractivity contribution in [2.45, 2.75) is 45.1 Å². The summed E-state index contributed by atoms with van der Waals surface area (Å²) in [5, 5.41) is 0. The summed E-state index contributed by atoms with van der Waals surface area (Å²) >= 11 is 0. The van der Waals surface area contributed by atoms with E-state index in [1.807, 2.05) is 6.21 Å². The van der Waals surface area contributed by atoms with E-state index in [-0.39, 0.29) is 12.2 Å². The van der Waals surface area contributed by atoms with Crippen LogP contribution in [0.15, 0.2) is 16.6 Å². The van der Waals surface area contributed by atoms with Gasteiger partial charge in [0.2, 0.25) is 0 Å². The predicted octanol–water partition coefficient (Wildman–Crippen LogP) is 3.31. The average Bonchev–Trinajstić information content (AvgIpc) is 2.20. The molecule has 0 bridgehead atoms. The Kier molecular flexibility index (Phi) is 4.55. The zero-order chi connectivity index (χ0) is 11.1. The van der Waals surface area contributed by atoms with Crippen molar-refractivity contribution in [2.24, 2.45) is 4.99 Å². The third-order valence-corrected chi connectivity index (χ3v) is 2.29. The Hall–Kier alpha value is -1.10. The second-order valence-corrected chi connectivity index (χ2v) is 4.38. The minimum Gasteiger partial charge on any atom is -0.286 e. The molecule has 0 fully saturated rings. The first-order chi connectivity index (χ1) is 7.14. The SMILES string of the molecule is CC1(C)CC=C(C#CCCCCF)C=N1. The lowest BCUT2D eigenvalue weighted by molar-refractivity contribution is 0.464. The molecule has 2 heteroatoms. The average molecular weight is 207 g/mol. The lowest BCUT2D eigenvalue weighted by Gasteiger charge is -2.20. The third-order valence-electron chi connectivity index (χ3n) is 2.29. The molecule has 1 heterocycles. The minimum absolute atomic E-state index is 0.0272. The normalized spacial score (nSPS) is 17.9. The molecule has 0 aromatic carbocycles. The highest BCUT2D eigenvalue weighted by Crippen LogP contribution is 2.19. The number of halogens is 1. The van der Waals surface area contributed by atoms with Gasteiger partial charge in [0.05, 0.1) is 12.2 Å². The van der Waals surface area contributed by atoms with Crippen molar-refractivity contribution < 1.29 is 4.39 Å². The summed E-state index contributed by atoms with van der Waals surface area (Å²) in [6.45, 7) is 3.97. The van der Waals surface area contributed by atoms with E-state index >= 15 is 0 Å². The van der Waals surface area contributed by atoms with E-state index in [2.05, 4.69) is 36.8 Å². The maximum absolute atomic E-state index is 11.8. The van der Waals surface area contributed by atoms with Crippen molar-refractivity contribution >= 4 is 6.21 Å². The van der Waals surface area contributed by atoms with E-state index in [1.165, 1.54) is 0 Å². The smallest absolute Gasteiger partial charge is 0.0894 e. The fraction of sp³-hybridized carbons (Fsp3) is 0.615. The van der Waals surface area contributed by atoms with Crippen molar-refractivity contribution in [1.29, 1.82) is 0 Å². The largest absolute Gasteiger partial charge is 0.286 e. The Labute approximate surface area is 91.5 Å². The number of rotatable bonds is 3. The molecule has 0 saturated carbocycles. The number of allylic oxidation sites excluding steroid dienone is 1. The Morgan fingerprint density at radius 3 is 2.87 bits per heavy atom. The molecule has 15 heavy (non-hydrogen) atoms. The lowest BCUT2D eigenvalue weighted by Crippen LogP contribution is -2.18. The summed E-state index contributed by atoms with van der Waals surface area (Å²) in [5.74, 6) is 6.10. The van der Waals surface area contributed by atoms with Gasteiger partial charge < -0.3 is 0 Å². The standard InChI is InChI=1S/C13H18FN/c1-13(2)9-8-12(11-15-13)7-5-3-4-6-10-14/h8,11H,3-4,6,9-10H2,1-2H3. The summed E-state index contributed by atoms with van der Waals surface area (Å²) in [5.41, 5.74) is 1.02. The van der Waals surface area contributed by atoms with E-state index < -0.39 is 0 Å². The van der Waals surface area contributed by atoms with Crippen LogP contribution in [-0.4, -0.2) is 18.4 Å². The molecule has 0 unspecified atom stereocenters. The van der Waals surface area contributed by atoms with Crippen LogP contribution in [0, 0.1) is 11.8 Å². The number of aliphatic imine (C=N–C) groups is 1. The highest BCUT2D eigenvalue weighted by molar-refractivity contribution is 5.85. The fourth-order valence-electron chi connectivity index (χ4n) is 1.27. The van der Waals surface area contributed by atoms with Gasteiger partial charge in [0.25, 0.3) is 0 Å². The lowest BCUT2D eigenvalue weighted by atomic mass is 9.97. The van der Waals surface area contributed by atoms with Gasteiger partial charge in [0.1, 0.15) is 0 Å². The van der Waals surface area contributed by atoms with Crippen molar-refractivity contribution in [3.8, 4) is 11.8 Å². The van der Waals surface area contributed by atoms with Crippen LogP contribution >= 0.6 is 0 Å². The van der Waals surface area contributed by atoms with E-state index in [9.17, 15) is 4.39 Å². The molecule has 1 aliphatic rings. The van der Waals surface area contributed by atoms with Crippen LogP contribution in [0.2, 0.25) is 0 Å². The van der Waals surface area contributed by atoms with E-state index in [0.29, 0.717) is 6.42 Å². The van der Waals surface area contributed by atoms with Crippen molar-refractivity contribution in [3.05, 3.63) is 11.6 Å². The molecule has 0 aliphatic carbocycles. The molecule has 0 aromatic heterocycles. The molecule has 0 amide bonds. The molecule has 0 radical (unpaired) electrons. The second kappa shape index (κ2) is 5.70. The summed E-state index contributed by atoms with van der Waals surface area (Å²) < 4.78 is 11.8. The minimum atomic E-state index is -0.236. The Balaban J connectivity index is 2.35. The van der Waals surface area contributed by atoms with Crippen LogP contribution in [0.1, 0.15) is 39.5 Å². The van der Waals surface area contributed by atoms with Crippen LogP contribution in [-0.2, 0) is 0 Å². The van der Waals surface area contributed by atoms with Gasteiger partial charge in [0, 0.05) is 18.2 Å². The quantitative estimate of drug-likeness (QED) is 0.497. The van der Waals surface area contributed by atoms with Gasteiger partial charge in [-0.05, 0) is 33.1 Å². The monoisotopic (exact) mass is 207 g/mol. The highest BCUT2D eigenvalue weighted by atomic mass is 19.1. The summed E-state index contributed by atoms with van der Waals surface area (Å²) in [6, 6.07) is 0. The highest BCUT2D eigenvalue weighted by Gasteiger charge is 2.16. The molecular formula is C13H18FN. The molecule has 1 aliphatic heterocycles. The first-order valence-electron chi connectivity index (χ1n) is 5.44. The number of dihydropyridines is 1. The number of hydrogen-bond donors (Lipinski definition) is 0. The van der Waals surface area contributed by atoms with Crippen molar-refractivity contribution in [1.82, 2.24) is 0 Å². The van der Waals surface area contributed by atoms with Crippen LogP contribution in [0.25, 0.3) is 0 Å². The molecule has 1 nitrogen and oxygen atoms in total. The predicted molar refractivity (Wildman–Crippen MR) is 62.9 cm³/mol. The Morgan fingerprint density at radius 2 is 2.27 bits per heavy atom. The zero-order valence-electron chi connectivity index (χ0n) is 9.52. The molecule has 0 N–H and O–H groups in total. The van der Waals surface area contributed by atoms with Crippen molar-refractivity contribution in [2.75, 3.05) is 6.67 Å². The van der Waals surface area contributed by atoms with Crippen LogP contribution in [0.4, 0.5) is 4.39 Å².